The number of hydrogen-bond acceptors (Lipinski definition) is 5. The first-order valence-electron chi connectivity index (χ1n) is 11.5. The van der Waals surface area contributed by atoms with Gasteiger partial charge in [-0.3, -0.25) is 9.89 Å². The summed E-state index contributed by atoms with van der Waals surface area (Å²) in [6.07, 6.45) is 4.77. The van der Waals surface area contributed by atoms with Crippen LogP contribution in [0.1, 0.15) is 39.0 Å². The molecular weight excluding hydrogens is 378 g/mol. The van der Waals surface area contributed by atoms with Crippen molar-refractivity contribution in [1.29, 1.82) is 0 Å². The number of piperazine rings is 1. The summed E-state index contributed by atoms with van der Waals surface area (Å²) in [4.78, 5) is 9.76. The quantitative estimate of drug-likeness (QED) is 0.342. The Bertz CT molecular complexity index is 635. The fourth-order valence-corrected chi connectivity index (χ4v) is 4.24. The van der Waals surface area contributed by atoms with Gasteiger partial charge in [0, 0.05) is 57.5 Å². The Labute approximate surface area is 181 Å². The molecule has 3 N–H and O–H groups in total. The van der Waals surface area contributed by atoms with E-state index in [0.29, 0.717) is 6.04 Å². The number of methoxy groups -OCH3 is 1. The van der Waals surface area contributed by atoms with Crippen LogP contribution in [-0.4, -0.2) is 81.0 Å². The molecule has 1 saturated carbocycles. The fourth-order valence-electron chi connectivity index (χ4n) is 4.24. The standard InChI is InChI=1S/C23H39N5O2/c1-3-24-23(26-19-5-9-21(29)10-6-19)25-13-4-14-27-15-17-28(18-16-27)20-7-11-22(30-2)12-8-20/h7-8,11-12,19,21,29H,3-6,9-10,13-18H2,1-2H3,(H2,24,25,26). The van der Waals surface area contributed by atoms with Gasteiger partial charge in [0.05, 0.1) is 13.2 Å². The van der Waals surface area contributed by atoms with E-state index >= 15 is 0 Å². The lowest BCUT2D eigenvalue weighted by atomic mass is 9.93. The molecule has 0 atom stereocenters. The van der Waals surface area contributed by atoms with Crippen molar-refractivity contribution in [2.24, 2.45) is 4.99 Å². The highest BCUT2D eigenvalue weighted by Gasteiger charge is 2.20. The number of aliphatic imine (C=N–C) groups is 1. The van der Waals surface area contributed by atoms with Crippen molar-refractivity contribution in [3.63, 3.8) is 0 Å². The van der Waals surface area contributed by atoms with Gasteiger partial charge in [-0.2, -0.15) is 0 Å². The predicted octanol–water partition coefficient (Wildman–Crippen LogP) is 2.07. The topological polar surface area (TPSA) is 72.4 Å². The van der Waals surface area contributed by atoms with Gasteiger partial charge in [-0.1, -0.05) is 0 Å². The molecule has 1 heterocycles. The van der Waals surface area contributed by atoms with Crippen LogP contribution in [0, 0.1) is 0 Å². The number of guanidine groups is 1. The highest BCUT2D eigenvalue weighted by molar-refractivity contribution is 5.80. The third kappa shape index (κ3) is 7.06. The Balaban J connectivity index is 1.35. The van der Waals surface area contributed by atoms with Crippen LogP contribution in [0.2, 0.25) is 0 Å². The Hall–Kier alpha value is -1.99. The minimum Gasteiger partial charge on any atom is -0.497 e. The molecule has 0 aromatic heterocycles. The molecule has 0 amide bonds. The van der Waals surface area contributed by atoms with Gasteiger partial charge in [0.2, 0.25) is 0 Å². The van der Waals surface area contributed by atoms with Crippen LogP contribution in [0.3, 0.4) is 0 Å². The van der Waals surface area contributed by atoms with Gasteiger partial charge < -0.3 is 25.4 Å². The van der Waals surface area contributed by atoms with Gasteiger partial charge in [0.15, 0.2) is 5.96 Å². The summed E-state index contributed by atoms with van der Waals surface area (Å²) in [6.45, 7) is 9.22. The van der Waals surface area contributed by atoms with Gasteiger partial charge in [-0.15, -0.1) is 0 Å². The van der Waals surface area contributed by atoms with E-state index in [0.717, 1.165) is 89.6 Å². The van der Waals surface area contributed by atoms with E-state index in [4.69, 9.17) is 9.73 Å². The first-order chi connectivity index (χ1) is 14.7. The van der Waals surface area contributed by atoms with Crippen LogP contribution >= 0.6 is 0 Å². The summed E-state index contributed by atoms with van der Waals surface area (Å²) in [5, 5.41) is 16.6. The molecule has 1 aromatic carbocycles. The molecule has 0 spiro atoms. The average molecular weight is 418 g/mol. The minimum absolute atomic E-state index is 0.118. The number of hydrogen-bond donors (Lipinski definition) is 3. The summed E-state index contributed by atoms with van der Waals surface area (Å²) < 4.78 is 5.25. The molecular formula is C23H39N5O2. The molecule has 168 valence electrons. The van der Waals surface area contributed by atoms with Crippen molar-refractivity contribution in [2.75, 3.05) is 57.8 Å². The smallest absolute Gasteiger partial charge is 0.191 e. The monoisotopic (exact) mass is 417 g/mol. The van der Waals surface area contributed by atoms with Crippen LogP contribution in [0.4, 0.5) is 5.69 Å². The van der Waals surface area contributed by atoms with E-state index in [9.17, 15) is 5.11 Å². The second-order valence-electron chi connectivity index (χ2n) is 8.29. The number of nitrogens with zero attached hydrogens (tertiary/aromatic N) is 3. The second kappa shape index (κ2) is 12.0. The third-order valence-electron chi connectivity index (χ3n) is 6.09. The Morgan fingerprint density at radius 3 is 2.43 bits per heavy atom. The van der Waals surface area contributed by atoms with Crippen LogP contribution in [0.5, 0.6) is 5.75 Å². The van der Waals surface area contributed by atoms with Crippen LogP contribution in [-0.2, 0) is 0 Å². The number of aliphatic hydroxyl groups excluding tert-OH is 1. The van der Waals surface area contributed by atoms with Crippen LogP contribution in [0.15, 0.2) is 29.3 Å². The number of ether oxygens (including phenoxy) is 1. The van der Waals surface area contributed by atoms with Gasteiger partial charge in [0.25, 0.3) is 0 Å². The van der Waals surface area contributed by atoms with E-state index in [1.807, 2.05) is 12.1 Å². The van der Waals surface area contributed by atoms with Crippen molar-refractivity contribution < 1.29 is 9.84 Å². The Morgan fingerprint density at radius 1 is 1.10 bits per heavy atom. The molecule has 3 rings (SSSR count). The fraction of sp³-hybridized carbons (Fsp3) is 0.696. The molecule has 1 aliphatic carbocycles. The number of anilines is 1. The van der Waals surface area contributed by atoms with E-state index < -0.39 is 0 Å². The van der Waals surface area contributed by atoms with E-state index in [-0.39, 0.29) is 6.10 Å². The zero-order chi connectivity index (χ0) is 21.2. The van der Waals surface area contributed by atoms with E-state index in [1.165, 1.54) is 5.69 Å². The lowest BCUT2D eigenvalue weighted by Crippen LogP contribution is -2.47. The summed E-state index contributed by atoms with van der Waals surface area (Å²) >= 11 is 0. The number of nitrogens with one attached hydrogen (secondary N) is 2. The molecule has 2 fully saturated rings. The highest BCUT2D eigenvalue weighted by Crippen LogP contribution is 2.20. The van der Waals surface area contributed by atoms with Crippen molar-refractivity contribution in [3.05, 3.63) is 24.3 Å². The molecule has 2 aliphatic rings. The summed E-state index contributed by atoms with van der Waals surface area (Å²) in [6, 6.07) is 8.78. The predicted molar refractivity (Wildman–Crippen MR) is 124 cm³/mol. The SMILES string of the molecule is CCNC(=NCCCN1CCN(c2ccc(OC)cc2)CC1)NC1CCC(O)CC1. The second-order valence-corrected chi connectivity index (χ2v) is 8.29. The minimum atomic E-state index is -0.118. The van der Waals surface area contributed by atoms with E-state index in [1.54, 1.807) is 7.11 Å². The largest absolute Gasteiger partial charge is 0.497 e. The average Bonchev–Trinajstić information content (AvgIpc) is 2.79. The molecule has 1 saturated heterocycles. The molecule has 1 aliphatic heterocycles. The summed E-state index contributed by atoms with van der Waals surface area (Å²) in [5.74, 6) is 1.83. The first-order valence-corrected chi connectivity index (χ1v) is 11.5. The summed E-state index contributed by atoms with van der Waals surface area (Å²) in [5.41, 5.74) is 1.27. The van der Waals surface area contributed by atoms with Crippen LogP contribution in [0.25, 0.3) is 0 Å². The third-order valence-corrected chi connectivity index (χ3v) is 6.09. The van der Waals surface area contributed by atoms with Crippen molar-refractivity contribution in [1.82, 2.24) is 15.5 Å². The zero-order valence-electron chi connectivity index (χ0n) is 18.6. The molecule has 1 aromatic rings. The van der Waals surface area contributed by atoms with Crippen molar-refractivity contribution in [2.45, 2.75) is 51.2 Å². The van der Waals surface area contributed by atoms with Crippen molar-refractivity contribution >= 4 is 11.6 Å². The zero-order valence-corrected chi connectivity index (χ0v) is 18.6. The van der Waals surface area contributed by atoms with Gasteiger partial charge in [-0.25, -0.2) is 0 Å². The lowest BCUT2D eigenvalue weighted by molar-refractivity contribution is 0.120. The first kappa shape index (κ1) is 22.7. The number of benzene rings is 1. The molecule has 0 radical (unpaired) electrons. The summed E-state index contributed by atoms with van der Waals surface area (Å²) in [7, 11) is 1.70. The molecule has 0 bridgehead atoms. The maximum Gasteiger partial charge on any atom is 0.191 e. The van der Waals surface area contributed by atoms with Gasteiger partial charge in [-0.05, 0) is 63.3 Å². The maximum atomic E-state index is 9.68. The normalized spacial score (nSPS) is 23.3. The molecule has 7 heteroatoms. The highest BCUT2D eigenvalue weighted by atomic mass is 16.5. The number of rotatable bonds is 8. The number of aliphatic hydroxyl groups is 1. The van der Waals surface area contributed by atoms with Crippen LogP contribution < -0.4 is 20.3 Å². The van der Waals surface area contributed by atoms with E-state index in [2.05, 4.69) is 39.5 Å². The van der Waals surface area contributed by atoms with Crippen molar-refractivity contribution in [3.8, 4) is 5.75 Å². The molecule has 30 heavy (non-hydrogen) atoms. The van der Waals surface area contributed by atoms with Gasteiger partial charge >= 0.3 is 0 Å². The lowest BCUT2D eigenvalue weighted by Gasteiger charge is -2.36. The molecule has 7 nitrogen and oxygen atoms in total. The Kier molecular flexibility index (Phi) is 9.08. The van der Waals surface area contributed by atoms with Gasteiger partial charge in [0.1, 0.15) is 5.75 Å². The maximum absolute atomic E-state index is 9.68. The molecule has 0 unspecified atom stereocenters. The Morgan fingerprint density at radius 2 is 1.80 bits per heavy atom.